The summed E-state index contributed by atoms with van der Waals surface area (Å²) in [5, 5.41) is 0.420. The molecule has 0 aromatic carbocycles. The Labute approximate surface area is 107 Å². The van der Waals surface area contributed by atoms with Crippen LogP contribution >= 0.6 is 11.6 Å². The highest BCUT2D eigenvalue weighted by molar-refractivity contribution is 7.90. The lowest BCUT2D eigenvalue weighted by Crippen LogP contribution is -2.26. The zero-order chi connectivity index (χ0) is 13.1. The van der Waals surface area contributed by atoms with Gasteiger partial charge in [0.2, 0.25) is 0 Å². The maximum Gasteiger partial charge on any atom is 0.149 e. The molecule has 0 aliphatic rings. The van der Waals surface area contributed by atoms with Crippen molar-refractivity contribution in [3.8, 4) is 0 Å². The molecule has 1 rings (SSSR count). The largest absolute Gasteiger partial charge is 0.358 e. The lowest BCUT2D eigenvalue weighted by atomic mass is 10.2. The molecule has 0 unspecified atom stereocenters. The van der Waals surface area contributed by atoms with Gasteiger partial charge in [0, 0.05) is 25.4 Å². The van der Waals surface area contributed by atoms with Crippen LogP contribution in [-0.2, 0) is 16.3 Å². The Bertz CT molecular complexity index is 490. The molecule has 0 aliphatic carbocycles. The Morgan fingerprint density at radius 1 is 1.41 bits per heavy atom. The number of halogens is 1. The van der Waals surface area contributed by atoms with Crippen LogP contribution in [0.1, 0.15) is 12.5 Å². The SMILES string of the molecule is CCc1c(Cl)ncnc1N(C)CCS(C)(=O)=O. The summed E-state index contributed by atoms with van der Waals surface area (Å²) < 4.78 is 22.2. The van der Waals surface area contributed by atoms with E-state index in [0.29, 0.717) is 23.9 Å². The van der Waals surface area contributed by atoms with E-state index in [0.717, 1.165) is 5.56 Å². The molecule has 0 amide bonds. The topological polar surface area (TPSA) is 63.2 Å². The fourth-order valence-electron chi connectivity index (χ4n) is 1.42. The van der Waals surface area contributed by atoms with Crippen LogP contribution in [0, 0.1) is 0 Å². The van der Waals surface area contributed by atoms with Gasteiger partial charge < -0.3 is 4.90 Å². The molecule has 5 nitrogen and oxygen atoms in total. The van der Waals surface area contributed by atoms with Gasteiger partial charge in [-0.15, -0.1) is 0 Å². The Morgan fingerprint density at radius 2 is 2.06 bits per heavy atom. The van der Waals surface area contributed by atoms with Crippen molar-refractivity contribution in [1.82, 2.24) is 9.97 Å². The molecule has 7 heteroatoms. The van der Waals surface area contributed by atoms with E-state index in [1.807, 2.05) is 6.92 Å². The maximum absolute atomic E-state index is 11.1. The van der Waals surface area contributed by atoms with Crippen LogP contribution in [0.3, 0.4) is 0 Å². The van der Waals surface area contributed by atoms with E-state index < -0.39 is 9.84 Å². The van der Waals surface area contributed by atoms with Crippen LogP contribution in [0.4, 0.5) is 5.82 Å². The molecule has 0 spiro atoms. The summed E-state index contributed by atoms with van der Waals surface area (Å²) in [4.78, 5) is 9.84. The average Bonchev–Trinajstić information content (AvgIpc) is 2.24. The minimum Gasteiger partial charge on any atom is -0.358 e. The molecule has 1 aromatic rings. The van der Waals surface area contributed by atoms with Crippen molar-refractivity contribution in [2.24, 2.45) is 0 Å². The number of nitrogens with zero attached hydrogens (tertiary/aromatic N) is 3. The third kappa shape index (κ3) is 4.12. The minimum atomic E-state index is -2.97. The Hall–Kier alpha value is -0.880. The molecule has 0 saturated heterocycles. The third-order valence-corrected chi connectivity index (χ3v) is 3.63. The van der Waals surface area contributed by atoms with Gasteiger partial charge in [-0.25, -0.2) is 18.4 Å². The van der Waals surface area contributed by atoms with E-state index in [1.54, 1.807) is 11.9 Å². The van der Waals surface area contributed by atoms with E-state index in [4.69, 9.17) is 11.6 Å². The minimum absolute atomic E-state index is 0.0915. The number of hydrogen-bond donors (Lipinski definition) is 0. The summed E-state index contributed by atoms with van der Waals surface area (Å²) >= 11 is 5.97. The Kier molecular flexibility index (Phi) is 4.70. The highest BCUT2D eigenvalue weighted by Gasteiger charge is 2.13. The summed E-state index contributed by atoms with van der Waals surface area (Å²) in [6, 6.07) is 0. The molecule has 0 radical (unpaired) electrons. The highest BCUT2D eigenvalue weighted by atomic mass is 35.5. The van der Waals surface area contributed by atoms with Crippen LogP contribution < -0.4 is 4.90 Å². The van der Waals surface area contributed by atoms with Gasteiger partial charge >= 0.3 is 0 Å². The summed E-state index contributed by atoms with van der Waals surface area (Å²) in [6.45, 7) is 2.34. The van der Waals surface area contributed by atoms with Crippen LogP contribution in [0.25, 0.3) is 0 Å². The monoisotopic (exact) mass is 277 g/mol. The first-order chi connectivity index (χ1) is 7.85. The van der Waals surface area contributed by atoms with E-state index in [2.05, 4.69) is 9.97 Å². The number of rotatable bonds is 5. The smallest absolute Gasteiger partial charge is 0.149 e. The van der Waals surface area contributed by atoms with E-state index >= 15 is 0 Å². The molecule has 1 heterocycles. The van der Waals surface area contributed by atoms with Crippen LogP contribution in [-0.4, -0.2) is 44.0 Å². The molecule has 0 aliphatic heterocycles. The third-order valence-electron chi connectivity index (χ3n) is 2.38. The maximum atomic E-state index is 11.1. The summed E-state index contributed by atoms with van der Waals surface area (Å²) in [5.41, 5.74) is 0.838. The quantitative estimate of drug-likeness (QED) is 0.756. The summed E-state index contributed by atoms with van der Waals surface area (Å²) in [7, 11) is -1.18. The zero-order valence-electron chi connectivity index (χ0n) is 10.1. The number of hydrogen-bond acceptors (Lipinski definition) is 5. The van der Waals surface area contributed by atoms with Gasteiger partial charge in [0.15, 0.2) is 0 Å². The van der Waals surface area contributed by atoms with Gasteiger partial charge in [0.1, 0.15) is 27.1 Å². The second kappa shape index (κ2) is 5.64. The Balaban J connectivity index is 2.89. The van der Waals surface area contributed by atoms with Gasteiger partial charge in [-0.05, 0) is 6.42 Å². The summed E-state index contributed by atoms with van der Waals surface area (Å²) in [5.74, 6) is 0.782. The molecule has 1 aromatic heterocycles. The van der Waals surface area contributed by atoms with E-state index in [9.17, 15) is 8.42 Å². The molecular formula is C10H16ClN3O2S. The van der Waals surface area contributed by atoms with E-state index in [1.165, 1.54) is 12.6 Å². The van der Waals surface area contributed by atoms with Crippen molar-refractivity contribution in [3.63, 3.8) is 0 Å². The second-order valence-corrected chi connectivity index (χ2v) is 6.49. The lowest BCUT2D eigenvalue weighted by molar-refractivity contribution is 0.601. The standard InChI is InChI=1S/C10H16ClN3O2S/c1-4-8-9(11)12-7-13-10(8)14(2)5-6-17(3,15)16/h7H,4-6H2,1-3H3. The second-order valence-electron chi connectivity index (χ2n) is 3.87. The van der Waals surface area contributed by atoms with Gasteiger partial charge in [-0.3, -0.25) is 0 Å². The number of sulfone groups is 1. The predicted molar refractivity (Wildman–Crippen MR) is 69.4 cm³/mol. The molecular weight excluding hydrogens is 262 g/mol. The van der Waals surface area contributed by atoms with Crippen LogP contribution in [0.2, 0.25) is 5.15 Å². The van der Waals surface area contributed by atoms with Crippen molar-refractivity contribution < 1.29 is 8.42 Å². The lowest BCUT2D eigenvalue weighted by Gasteiger charge is -2.20. The van der Waals surface area contributed by atoms with Crippen LogP contribution in [0.5, 0.6) is 0 Å². The molecule has 0 bridgehead atoms. The molecule has 17 heavy (non-hydrogen) atoms. The fraction of sp³-hybridized carbons (Fsp3) is 0.600. The molecule has 0 fully saturated rings. The molecule has 0 saturated carbocycles. The van der Waals surface area contributed by atoms with E-state index in [-0.39, 0.29) is 5.75 Å². The van der Waals surface area contributed by atoms with Gasteiger partial charge in [-0.1, -0.05) is 18.5 Å². The van der Waals surface area contributed by atoms with Crippen molar-refractivity contribution in [2.45, 2.75) is 13.3 Å². The van der Waals surface area contributed by atoms with Gasteiger partial charge in [0.25, 0.3) is 0 Å². The van der Waals surface area contributed by atoms with Crippen molar-refractivity contribution >= 4 is 27.3 Å². The number of anilines is 1. The van der Waals surface area contributed by atoms with Crippen molar-refractivity contribution in [3.05, 3.63) is 17.0 Å². The molecule has 96 valence electrons. The van der Waals surface area contributed by atoms with Crippen LogP contribution in [0.15, 0.2) is 6.33 Å². The molecule has 0 atom stereocenters. The van der Waals surface area contributed by atoms with Gasteiger partial charge in [-0.2, -0.15) is 0 Å². The summed E-state index contributed by atoms with van der Waals surface area (Å²) in [6.07, 6.45) is 3.31. The van der Waals surface area contributed by atoms with Gasteiger partial charge in [0.05, 0.1) is 5.75 Å². The first kappa shape index (κ1) is 14.2. The average molecular weight is 278 g/mol. The van der Waals surface area contributed by atoms with Crippen molar-refractivity contribution in [2.75, 3.05) is 30.5 Å². The predicted octanol–water partition coefficient (Wildman–Crippen LogP) is 1.17. The Morgan fingerprint density at radius 3 is 2.59 bits per heavy atom. The normalized spacial score (nSPS) is 11.5. The molecule has 0 N–H and O–H groups in total. The van der Waals surface area contributed by atoms with Crippen molar-refractivity contribution in [1.29, 1.82) is 0 Å². The first-order valence-electron chi connectivity index (χ1n) is 5.23. The zero-order valence-corrected chi connectivity index (χ0v) is 11.7. The fourth-order valence-corrected chi connectivity index (χ4v) is 2.29. The first-order valence-corrected chi connectivity index (χ1v) is 7.67. The highest BCUT2D eigenvalue weighted by Crippen LogP contribution is 2.22. The number of aromatic nitrogens is 2.